The van der Waals surface area contributed by atoms with E-state index in [9.17, 15) is 4.79 Å². The number of fused-ring (bicyclic) bond motifs is 1. The Balaban J connectivity index is 1.97. The lowest BCUT2D eigenvalue weighted by Crippen LogP contribution is -2.42. The Morgan fingerprint density at radius 2 is 1.86 bits per heavy atom. The zero-order valence-electron chi connectivity index (χ0n) is 12.0. The summed E-state index contributed by atoms with van der Waals surface area (Å²) in [5, 5.41) is 1.66. The van der Waals surface area contributed by atoms with Gasteiger partial charge in [-0.2, -0.15) is 0 Å². The summed E-state index contributed by atoms with van der Waals surface area (Å²) in [6.45, 7) is 1.67. The molecule has 1 amide bonds. The first-order valence-electron chi connectivity index (χ1n) is 7.40. The van der Waals surface area contributed by atoms with Crippen LogP contribution in [0.2, 0.25) is 5.02 Å². The molecule has 22 heavy (non-hydrogen) atoms. The molecule has 2 heterocycles. The van der Waals surface area contributed by atoms with Crippen molar-refractivity contribution in [3.05, 3.63) is 59.2 Å². The van der Waals surface area contributed by atoms with Crippen molar-refractivity contribution in [1.82, 2.24) is 9.88 Å². The summed E-state index contributed by atoms with van der Waals surface area (Å²) in [6.07, 6.45) is 1.08. The highest BCUT2D eigenvalue weighted by Gasteiger charge is 2.27. The Kier molecular flexibility index (Phi) is 3.16. The van der Waals surface area contributed by atoms with E-state index in [1.165, 1.54) is 0 Å². The van der Waals surface area contributed by atoms with Gasteiger partial charge in [0.05, 0.1) is 0 Å². The zero-order valence-corrected chi connectivity index (χ0v) is 12.7. The average molecular weight is 311 g/mol. The fourth-order valence-corrected chi connectivity index (χ4v) is 3.08. The Labute approximate surface area is 133 Å². The van der Waals surface area contributed by atoms with Gasteiger partial charge in [-0.25, -0.2) is 0 Å². The number of hydrogen-bond acceptors (Lipinski definition) is 1. The average Bonchev–Trinajstić information content (AvgIpc) is 2.85. The van der Waals surface area contributed by atoms with Gasteiger partial charge in [0.2, 0.25) is 0 Å². The summed E-state index contributed by atoms with van der Waals surface area (Å²) in [5.41, 5.74) is 3.56. The standard InChI is InChI=1S/C18H15ClN2O/c19-13-7-8-15-14(11-13)16(12-5-2-1-3-6-12)17(20-15)18(22)21-9-4-10-21/h1-3,5-8,11,20H,4,9-10H2. The number of carbonyl (C=O) groups excluding carboxylic acids is 1. The first-order chi connectivity index (χ1) is 10.7. The molecule has 3 nitrogen and oxygen atoms in total. The molecule has 0 aliphatic carbocycles. The van der Waals surface area contributed by atoms with Gasteiger partial charge in [0.15, 0.2) is 0 Å². The molecule has 1 aliphatic heterocycles. The van der Waals surface area contributed by atoms with Gasteiger partial charge >= 0.3 is 0 Å². The number of halogens is 1. The topological polar surface area (TPSA) is 36.1 Å². The Morgan fingerprint density at radius 1 is 1.09 bits per heavy atom. The first kappa shape index (κ1) is 13.4. The molecule has 1 aromatic heterocycles. The van der Waals surface area contributed by atoms with Crippen molar-refractivity contribution in [3.8, 4) is 11.1 Å². The summed E-state index contributed by atoms with van der Waals surface area (Å²) in [4.78, 5) is 17.9. The van der Waals surface area contributed by atoms with Crippen LogP contribution in [-0.4, -0.2) is 28.9 Å². The Bertz CT molecular complexity index is 850. The van der Waals surface area contributed by atoms with Crippen LogP contribution in [-0.2, 0) is 0 Å². The number of amides is 1. The molecule has 1 fully saturated rings. The Morgan fingerprint density at radius 3 is 2.55 bits per heavy atom. The van der Waals surface area contributed by atoms with Crippen LogP contribution in [0, 0.1) is 0 Å². The third-order valence-corrected chi connectivity index (χ3v) is 4.42. The molecule has 110 valence electrons. The lowest BCUT2D eigenvalue weighted by Gasteiger charge is -2.30. The zero-order chi connectivity index (χ0) is 15.1. The third kappa shape index (κ3) is 2.09. The van der Waals surface area contributed by atoms with Crippen molar-refractivity contribution in [2.45, 2.75) is 6.42 Å². The van der Waals surface area contributed by atoms with Crippen molar-refractivity contribution in [2.75, 3.05) is 13.1 Å². The molecule has 1 aliphatic rings. The smallest absolute Gasteiger partial charge is 0.270 e. The van der Waals surface area contributed by atoms with Crippen LogP contribution in [0.5, 0.6) is 0 Å². The molecule has 0 spiro atoms. The lowest BCUT2D eigenvalue weighted by atomic mass is 10.0. The first-order valence-corrected chi connectivity index (χ1v) is 7.78. The summed E-state index contributed by atoms with van der Waals surface area (Å²) in [7, 11) is 0. The molecule has 4 heteroatoms. The Hall–Kier alpha value is -2.26. The number of H-pyrrole nitrogens is 1. The van der Waals surface area contributed by atoms with E-state index in [0.717, 1.165) is 41.5 Å². The molecule has 3 aromatic rings. The highest BCUT2D eigenvalue weighted by Crippen LogP contribution is 2.35. The molecule has 0 saturated carbocycles. The summed E-state index contributed by atoms with van der Waals surface area (Å²) in [5.74, 6) is 0.0671. The van der Waals surface area contributed by atoms with Crippen LogP contribution >= 0.6 is 11.6 Å². The second-order valence-electron chi connectivity index (χ2n) is 5.58. The fraction of sp³-hybridized carbons (Fsp3) is 0.167. The minimum Gasteiger partial charge on any atom is -0.350 e. The van der Waals surface area contributed by atoms with Gasteiger partial charge in [0, 0.05) is 34.6 Å². The molecule has 1 saturated heterocycles. The van der Waals surface area contributed by atoms with E-state index in [1.807, 2.05) is 53.4 Å². The number of rotatable bonds is 2. The minimum atomic E-state index is 0.0671. The predicted molar refractivity (Wildman–Crippen MR) is 89.3 cm³/mol. The van der Waals surface area contributed by atoms with E-state index < -0.39 is 0 Å². The van der Waals surface area contributed by atoms with Crippen LogP contribution in [0.1, 0.15) is 16.9 Å². The molecule has 1 N–H and O–H groups in total. The lowest BCUT2D eigenvalue weighted by molar-refractivity contribution is 0.0647. The van der Waals surface area contributed by atoms with Gasteiger partial charge in [-0.15, -0.1) is 0 Å². The van der Waals surface area contributed by atoms with E-state index in [2.05, 4.69) is 4.98 Å². The van der Waals surface area contributed by atoms with Gasteiger partial charge in [0.25, 0.3) is 5.91 Å². The number of likely N-dealkylation sites (tertiary alicyclic amines) is 1. The van der Waals surface area contributed by atoms with E-state index in [1.54, 1.807) is 0 Å². The normalized spacial score (nSPS) is 14.1. The second-order valence-corrected chi connectivity index (χ2v) is 6.01. The number of aromatic amines is 1. The van der Waals surface area contributed by atoms with Crippen LogP contribution in [0.15, 0.2) is 48.5 Å². The van der Waals surface area contributed by atoms with Crippen LogP contribution < -0.4 is 0 Å². The number of aromatic nitrogens is 1. The van der Waals surface area contributed by atoms with Crippen molar-refractivity contribution < 1.29 is 4.79 Å². The van der Waals surface area contributed by atoms with Crippen molar-refractivity contribution >= 4 is 28.4 Å². The SMILES string of the molecule is O=C(c1[nH]c2ccc(Cl)cc2c1-c1ccccc1)N1CCC1. The largest absolute Gasteiger partial charge is 0.350 e. The summed E-state index contributed by atoms with van der Waals surface area (Å²) < 4.78 is 0. The monoisotopic (exact) mass is 310 g/mol. The number of nitrogens with one attached hydrogen (secondary N) is 1. The minimum absolute atomic E-state index is 0.0671. The quantitative estimate of drug-likeness (QED) is 0.751. The number of carbonyl (C=O) groups is 1. The molecular formula is C18H15ClN2O. The van der Waals surface area contributed by atoms with Gasteiger partial charge in [-0.3, -0.25) is 4.79 Å². The molecule has 0 bridgehead atoms. The highest BCUT2D eigenvalue weighted by molar-refractivity contribution is 6.31. The maximum Gasteiger partial charge on any atom is 0.270 e. The van der Waals surface area contributed by atoms with Gasteiger partial charge in [-0.1, -0.05) is 41.9 Å². The number of hydrogen-bond donors (Lipinski definition) is 1. The summed E-state index contributed by atoms with van der Waals surface area (Å²) in [6, 6.07) is 15.7. The maximum absolute atomic E-state index is 12.7. The maximum atomic E-state index is 12.7. The number of benzene rings is 2. The van der Waals surface area contributed by atoms with Crippen molar-refractivity contribution in [2.24, 2.45) is 0 Å². The van der Waals surface area contributed by atoms with Crippen LogP contribution in [0.4, 0.5) is 0 Å². The second kappa shape index (κ2) is 5.18. The van der Waals surface area contributed by atoms with Crippen LogP contribution in [0.3, 0.4) is 0 Å². The molecule has 0 unspecified atom stereocenters. The van der Waals surface area contributed by atoms with E-state index in [0.29, 0.717) is 10.7 Å². The predicted octanol–water partition coefficient (Wildman–Crippen LogP) is 4.33. The third-order valence-electron chi connectivity index (χ3n) is 4.18. The molecule has 0 radical (unpaired) electrons. The molecule has 0 atom stereocenters. The van der Waals surface area contributed by atoms with Gasteiger partial charge in [-0.05, 0) is 30.2 Å². The van der Waals surface area contributed by atoms with Gasteiger partial charge in [0.1, 0.15) is 5.69 Å². The highest BCUT2D eigenvalue weighted by atomic mass is 35.5. The van der Waals surface area contributed by atoms with Gasteiger partial charge < -0.3 is 9.88 Å². The molecule has 2 aromatic carbocycles. The molecular weight excluding hydrogens is 296 g/mol. The van der Waals surface area contributed by atoms with Crippen molar-refractivity contribution in [1.29, 1.82) is 0 Å². The fourth-order valence-electron chi connectivity index (χ4n) is 2.91. The van der Waals surface area contributed by atoms with E-state index in [4.69, 9.17) is 11.6 Å². The number of nitrogens with zero attached hydrogens (tertiary/aromatic N) is 1. The van der Waals surface area contributed by atoms with E-state index >= 15 is 0 Å². The van der Waals surface area contributed by atoms with E-state index in [-0.39, 0.29) is 5.91 Å². The molecule has 4 rings (SSSR count). The van der Waals surface area contributed by atoms with Crippen molar-refractivity contribution in [3.63, 3.8) is 0 Å². The summed E-state index contributed by atoms with van der Waals surface area (Å²) >= 11 is 6.16. The van der Waals surface area contributed by atoms with Crippen LogP contribution in [0.25, 0.3) is 22.0 Å².